The van der Waals surface area contributed by atoms with Crippen molar-refractivity contribution < 1.29 is 9.53 Å². The van der Waals surface area contributed by atoms with Crippen LogP contribution in [-0.2, 0) is 4.79 Å². The van der Waals surface area contributed by atoms with E-state index < -0.39 is 0 Å². The summed E-state index contributed by atoms with van der Waals surface area (Å²) in [5, 5.41) is 4.04. The van der Waals surface area contributed by atoms with Crippen LogP contribution in [0.25, 0.3) is 11.8 Å². The summed E-state index contributed by atoms with van der Waals surface area (Å²) in [4.78, 5) is 17.7. The molecule has 1 aliphatic heterocycles. The van der Waals surface area contributed by atoms with Crippen LogP contribution in [0.3, 0.4) is 0 Å². The van der Waals surface area contributed by atoms with Crippen LogP contribution in [0.2, 0.25) is 5.02 Å². The molecule has 0 radical (unpaired) electrons. The Morgan fingerprint density at radius 2 is 1.87 bits per heavy atom. The minimum Gasteiger partial charge on any atom is -0.497 e. The molecule has 4 rings (SSSR count). The van der Waals surface area contributed by atoms with Crippen molar-refractivity contribution in [2.24, 2.45) is 4.99 Å². The Labute approximate surface area is 190 Å². The first kappa shape index (κ1) is 21.3. The summed E-state index contributed by atoms with van der Waals surface area (Å²) in [5.41, 5.74) is 5.80. The van der Waals surface area contributed by atoms with Gasteiger partial charge in [0.15, 0.2) is 5.17 Å². The molecule has 31 heavy (non-hydrogen) atoms. The van der Waals surface area contributed by atoms with E-state index in [1.54, 1.807) is 7.11 Å². The van der Waals surface area contributed by atoms with Crippen molar-refractivity contribution in [2.45, 2.75) is 20.8 Å². The number of aryl methyl sites for hydroxylation is 1. The molecule has 1 N–H and O–H groups in total. The lowest BCUT2D eigenvalue weighted by Crippen LogP contribution is -2.19. The summed E-state index contributed by atoms with van der Waals surface area (Å²) in [6, 6.07) is 15.5. The number of thioether (sulfide) groups is 1. The van der Waals surface area contributed by atoms with Crippen LogP contribution < -0.4 is 10.1 Å². The van der Waals surface area contributed by atoms with Crippen molar-refractivity contribution >= 4 is 46.2 Å². The van der Waals surface area contributed by atoms with Gasteiger partial charge in [-0.25, -0.2) is 4.99 Å². The van der Waals surface area contributed by atoms with Gasteiger partial charge in [-0.3, -0.25) is 4.79 Å². The number of hydrogen-bond donors (Lipinski definition) is 1. The molecule has 0 aliphatic carbocycles. The average molecular weight is 452 g/mol. The Bertz CT molecular complexity index is 1230. The second-order valence-electron chi connectivity index (χ2n) is 7.23. The van der Waals surface area contributed by atoms with E-state index in [0.717, 1.165) is 39.6 Å². The van der Waals surface area contributed by atoms with Crippen molar-refractivity contribution in [1.82, 2.24) is 9.88 Å². The third kappa shape index (κ3) is 4.27. The molecule has 0 bridgehead atoms. The van der Waals surface area contributed by atoms with Crippen molar-refractivity contribution in [1.29, 1.82) is 0 Å². The molecule has 0 atom stereocenters. The predicted octanol–water partition coefficient (Wildman–Crippen LogP) is 5.96. The molecule has 7 heteroatoms. The molecule has 1 aromatic heterocycles. The lowest BCUT2D eigenvalue weighted by atomic mass is 10.2. The van der Waals surface area contributed by atoms with E-state index >= 15 is 0 Å². The number of rotatable bonds is 4. The van der Waals surface area contributed by atoms with Crippen molar-refractivity contribution in [3.05, 3.63) is 81.0 Å². The first-order valence-corrected chi connectivity index (χ1v) is 10.9. The summed E-state index contributed by atoms with van der Waals surface area (Å²) in [5.74, 6) is 0.659. The lowest BCUT2D eigenvalue weighted by Gasteiger charge is -2.10. The number of aliphatic imine (C=N–C) groups is 1. The number of nitrogens with zero attached hydrogens (tertiary/aromatic N) is 2. The number of amidine groups is 1. The molecule has 158 valence electrons. The van der Waals surface area contributed by atoms with Gasteiger partial charge in [0.25, 0.3) is 5.91 Å². The van der Waals surface area contributed by atoms with Crippen molar-refractivity contribution in [2.75, 3.05) is 7.11 Å². The molecule has 5 nitrogen and oxygen atoms in total. The molecular weight excluding hydrogens is 430 g/mol. The largest absolute Gasteiger partial charge is 0.497 e. The molecule has 1 saturated heterocycles. The Hall–Kier alpha value is -2.96. The van der Waals surface area contributed by atoms with E-state index in [-0.39, 0.29) is 5.91 Å². The lowest BCUT2D eigenvalue weighted by molar-refractivity contribution is -0.115. The number of hydrogen-bond acceptors (Lipinski definition) is 4. The van der Waals surface area contributed by atoms with E-state index in [0.29, 0.717) is 15.1 Å². The first-order chi connectivity index (χ1) is 14.9. The van der Waals surface area contributed by atoms with Crippen LogP contribution in [0.1, 0.15) is 22.5 Å². The van der Waals surface area contributed by atoms with Gasteiger partial charge >= 0.3 is 0 Å². The third-order valence-electron chi connectivity index (χ3n) is 5.20. The molecule has 0 unspecified atom stereocenters. The summed E-state index contributed by atoms with van der Waals surface area (Å²) >= 11 is 7.51. The zero-order valence-electron chi connectivity index (χ0n) is 17.7. The third-order valence-corrected chi connectivity index (χ3v) is 6.52. The maximum Gasteiger partial charge on any atom is 0.264 e. The van der Waals surface area contributed by atoms with Crippen molar-refractivity contribution in [3.63, 3.8) is 0 Å². The number of carbonyl (C=O) groups is 1. The molecule has 2 heterocycles. The van der Waals surface area contributed by atoms with Gasteiger partial charge in [-0.05, 0) is 92.2 Å². The molecule has 1 fully saturated rings. The quantitative estimate of drug-likeness (QED) is 0.498. The Morgan fingerprint density at radius 1 is 1.13 bits per heavy atom. The number of amides is 1. The first-order valence-electron chi connectivity index (χ1n) is 9.75. The average Bonchev–Trinajstić information content (AvgIpc) is 3.24. The standard InChI is InChI=1S/C24H22ClN3O2S/c1-14-12-17(16(3)28(14)18-8-10-19(30-4)11-9-18)13-22-23(29)27-24(31-22)26-21-7-5-6-20(25)15(21)2/h5-13H,1-4H3,(H,26,27,29)/b22-13+. The Morgan fingerprint density at radius 3 is 2.58 bits per heavy atom. The highest BCUT2D eigenvalue weighted by molar-refractivity contribution is 8.18. The highest BCUT2D eigenvalue weighted by atomic mass is 35.5. The second kappa shape index (κ2) is 8.65. The fourth-order valence-corrected chi connectivity index (χ4v) is 4.51. The van der Waals surface area contributed by atoms with Crippen LogP contribution in [0.5, 0.6) is 5.75 Å². The summed E-state index contributed by atoms with van der Waals surface area (Å²) in [6.07, 6.45) is 1.91. The van der Waals surface area contributed by atoms with Gasteiger partial charge in [0, 0.05) is 22.1 Å². The van der Waals surface area contributed by atoms with E-state index in [4.69, 9.17) is 16.3 Å². The zero-order chi connectivity index (χ0) is 22.1. The van der Waals surface area contributed by atoms with E-state index in [1.165, 1.54) is 11.8 Å². The zero-order valence-corrected chi connectivity index (χ0v) is 19.3. The number of aromatic nitrogens is 1. The highest BCUT2D eigenvalue weighted by Crippen LogP contribution is 2.32. The smallest absolute Gasteiger partial charge is 0.264 e. The Balaban J connectivity index is 1.64. The molecule has 1 aliphatic rings. The number of methoxy groups -OCH3 is 1. The summed E-state index contributed by atoms with van der Waals surface area (Å²) in [6.45, 7) is 6.01. The highest BCUT2D eigenvalue weighted by Gasteiger charge is 2.25. The minimum absolute atomic E-state index is 0.155. The van der Waals surface area contributed by atoms with Gasteiger partial charge in [-0.15, -0.1) is 0 Å². The molecule has 2 aromatic carbocycles. The van der Waals surface area contributed by atoms with Crippen LogP contribution >= 0.6 is 23.4 Å². The fraction of sp³-hybridized carbons (Fsp3) is 0.167. The van der Waals surface area contributed by atoms with E-state index in [1.807, 2.05) is 62.4 Å². The Kier molecular flexibility index (Phi) is 5.94. The van der Waals surface area contributed by atoms with Crippen LogP contribution in [0.15, 0.2) is 58.4 Å². The normalized spacial score (nSPS) is 16.2. The van der Waals surface area contributed by atoms with Crippen LogP contribution in [-0.4, -0.2) is 22.8 Å². The summed E-state index contributed by atoms with van der Waals surface area (Å²) in [7, 11) is 1.65. The van der Waals surface area contributed by atoms with Gasteiger partial charge in [-0.1, -0.05) is 17.7 Å². The minimum atomic E-state index is -0.155. The van der Waals surface area contributed by atoms with Crippen LogP contribution in [0, 0.1) is 20.8 Å². The van der Waals surface area contributed by atoms with Gasteiger partial charge in [0.2, 0.25) is 0 Å². The number of halogens is 1. The number of carbonyl (C=O) groups excluding carboxylic acids is 1. The van der Waals surface area contributed by atoms with Crippen molar-refractivity contribution in [3.8, 4) is 11.4 Å². The van der Waals surface area contributed by atoms with Crippen LogP contribution in [0.4, 0.5) is 5.69 Å². The number of benzene rings is 2. The predicted molar refractivity (Wildman–Crippen MR) is 129 cm³/mol. The topological polar surface area (TPSA) is 55.6 Å². The maximum atomic E-state index is 12.5. The van der Waals surface area contributed by atoms with Gasteiger partial charge < -0.3 is 14.6 Å². The van der Waals surface area contributed by atoms with Gasteiger partial charge in [-0.2, -0.15) is 0 Å². The second-order valence-corrected chi connectivity index (χ2v) is 8.66. The van der Waals surface area contributed by atoms with E-state index in [9.17, 15) is 4.79 Å². The van der Waals surface area contributed by atoms with E-state index in [2.05, 4.69) is 27.9 Å². The number of ether oxygens (including phenoxy) is 1. The summed E-state index contributed by atoms with van der Waals surface area (Å²) < 4.78 is 7.41. The monoisotopic (exact) mass is 451 g/mol. The molecule has 0 saturated carbocycles. The molecule has 3 aromatic rings. The van der Waals surface area contributed by atoms with Gasteiger partial charge in [0.1, 0.15) is 5.75 Å². The fourth-order valence-electron chi connectivity index (χ4n) is 3.51. The molecule has 0 spiro atoms. The SMILES string of the molecule is COc1ccc(-n2c(C)cc(/C=C3/SC(=Nc4cccc(Cl)c4C)NC3=O)c2C)cc1. The molecular formula is C24H22ClN3O2S. The van der Waals surface area contributed by atoms with Gasteiger partial charge in [0.05, 0.1) is 17.7 Å². The molecule has 1 amide bonds. The maximum absolute atomic E-state index is 12.5. The number of nitrogens with one attached hydrogen (secondary N) is 1.